The molecule has 0 bridgehead atoms. The Labute approximate surface area is 87.0 Å². The van der Waals surface area contributed by atoms with Crippen LogP contribution in [0, 0.1) is 0 Å². The van der Waals surface area contributed by atoms with E-state index in [1.807, 2.05) is 0 Å². The number of amides is 1. The van der Waals surface area contributed by atoms with Gasteiger partial charge >= 0.3 is 0 Å². The molecule has 0 unspecified atom stereocenters. The largest absolute Gasteiger partial charge is 0.366 e. The zero-order valence-corrected chi connectivity index (χ0v) is 8.44. The SMILES string of the molecule is NC(=O)C=Cc1ccc(S(=O)(=O)O)cc1. The van der Waals surface area contributed by atoms with Crippen molar-refractivity contribution in [1.82, 2.24) is 0 Å². The summed E-state index contributed by atoms with van der Waals surface area (Å²) in [6, 6.07) is 5.36. The van der Waals surface area contributed by atoms with Crippen LogP contribution in [0.3, 0.4) is 0 Å². The van der Waals surface area contributed by atoms with Gasteiger partial charge in [-0.05, 0) is 23.8 Å². The minimum absolute atomic E-state index is 0.196. The fourth-order valence-corrected chi connectivity index (χ4v) is 1.41. The van der Waals surface area contributed by atoms with Gasteiger partial charge in [0.15, 0.2) is 0 Å². The Kier molecular flexibility index (Phi) is 3.23. The van der Waals surface area contributed by atoms with Gasteiger partial charge in [0.1, 0.15) is 0 Å². The normalized spacial score (nSPS) is 11.8. The van der Waals surface area contributed by atoms with Crippen molar-refractivity contribution in [2.45, 2.75) is 4.90 Å². The van der Waals surface area contributed by atoms with Gasteiger partial charge in [0, 0.05) is 6.08 Å². The smallest absolute Gasteiger partial charge is 0.294 e. The number of hydrogen-bond donors (Lipinski definition) is 2. The van der Waals surface area contributed by atoms with Crippen LogP contribution in [0.4, 0.5) is 0 Å². The van der Waals surface area contributed by atoms with E-state index in [0.29, 0.717) is 5.56 Å². The molecule has 0 spiro atoms. The molecule has 1 aromatic rings. The third-order valence-corrected chi connectivity index (χ3v) is 2.49. The summed E-state index contributed by atoms with van der Waals surface area (Å²) in [6.45, 7) is 0. The van der Waals surface area contributed by atoms with Gasteiger partial charge in [-0.25, -0.2) is 0 Å². The number of hydrogen-bond acceptors (Lipinski definition) is 3. The summed E-state index contributed by atoms with van der Waals surface area (Å²) in [5, 5.41) is 0. The molecule has 15 heavy (non-hydrogen) atoms. The monoisotopic (exact) mass is 227 g/mol. The molecule has 1 rings (SSSR count). The van der Waals surface area contributed by atoms with E-state index in [1.54, 1.807) is 0 Å². The molecule has 3 N–H and O–H groups in total. The molecule has 0 radical (unpaired) electrons. The predicted molar refractivity (Wildman–Crippen MR) is 54.5 cm³/mol. The maximum Gasteiger partial charge on any atom is 0.294 e. The van der Waals surface area contributed by atoms with E-state index in [1.165, 1.54) is 30.3 Å². The number of rotatable bonds is 3. The fourth-order valence-electron chi connectivity index (χ4n) is 0.929. The van der Waals surface area contributed by atoms with Crippen LogP contribution in [-0.2, 0) is 14.9 Å². The first kappa shape index (κ1) is 11.4. The molecule has 5 nitrogen and oxygen atoms in total. The Morgan fingerprint density at radius 1 is 1.27 bits per heavy atom. The Morgan fingerprint density at radius 2 is 1.80 bits per heavy atom. The molecular weight excluding hydrogens is 218 g/mol. The van der Waals surface area contributed by atoms with Gasteiger partial charge in [0.2, 0.25) is 5.91 Å². The molecule has 0 heterocycles. The molecule has 0 aliphatic heterocycles. The highest BCUT2D eigenvalue weighted by Gasteiger charge is 2.07. The average molecular weight is 227 g/mol. The standard InChI is InChI=1S/C9H9NO4S/c10-9(11)6-3-7-1-4-8(5-2-7)15(12,13)14/h1-6H,(H2,10,11)(H,12,13,14). The van der Waals surface area contributed by atoms with Crippen LogP contribution in [0.5, 0.6) is 0 Å². The lowest BCUT2D eigenvalue weighted by atomic mass is 10.2. The van der Waals surface area contributed by atoms with Gasteiger partial charge in [-0.1, -0.05) is 12.1 Å². The summed E-state index contributed by atoms with van der Waals surface area (Å²) < 4.78 is 30.0. The van der Waals surface area contributed by atoms with Gasteiger partial charge in [0.25, 0.3) is 10.1 Å². The second-order valence-corrected chi connectivity index (χ2v) is 4.20. The van der Waals surface area contributed by atoms with E-state index in [4.69, 9.17) is 10.3 Å². The highest BCUT2D eigenvalue weighted by atomic mass is 32.2. The topological polar surface area (TPSA) is 97.5 Å². The van der Waals surface area contributed by atoms with Gasteiger partial charge in [-0.3, -0.25) is 9.35 Å². The molecule has 1 amide bonds. The van der Waals surface area contributed by atoms with E-state index in [0.717, 1.165) is 6.08 Å². The van der Waals surface area contributed by atoms with Crippen LogP contribution >= 0.6 is 0 Å². The van der Waals surface area contributed by atoms with Crippen LogP contribution < -0.4 is 5.73 Å². The maximum absolute atomic E-state index is 10.7. The van der Waals surface area contributed by atoms with E-state index in [2.05, 4.69) is 0 Å². The summed E-state index contributed by atoms with van der Waals surface area (Å²) in [5.41, 5.74) is 5.49. The maximum atomic E-state index is 10.7. The second kappa shape index (κ2) is 4.24. The molecule has 0 saturated heterocycles. The number of benzene rings is 1. The summed E-state index contributed by atoms with van der Waals surface area (Å²) in [5.74, 6) is -0.589. The van der Waals surface area contributed by atoms with E-state index in [9.17, 15) is 13.2 Å². The van der Waals surface area contributed by atoms with Crippen molar-refractivity contribution in [3.05, 3.63) is 35.9 Å². The first-order chi connectivity index (χ1) is 6.89. The molecule has 0 aliphatic rings. The van der Waals surface area contributed by atoms with Crippen LogP contribution in [0.2, 0.25) is 0 Å². The van der Waals surface area contributed by atoms with Crippen LogP contribution in [0.25, 0.3) is 6.08 Å². The van der Waals surface area contributed by atoms with Crippen molar-refractivity contribution in [1.29, 1.82) is 0 Å². The molecule has 0 atom stereocenters. The Morgan fingerprint density at radius 3 is 2.20 bits per heavy atom. The number of nitrogens with two attached hydrogens (primary N) is 1. The third kappa shape index (κ3) is 3.53. The van der Waals surface area contributed by atoms with Crippen molar-refractivity contribution >= 4 is 22.1 Å². The van der Waals surface area contributed by atoms with Crippen LogP contribution in [0.15, 0.2) is 35.2 Å². The molecule has 0 fully saturated rings. The first-order valence-corrected chi connectivity index (χ1v) is 5.38. The van der Waals surface area contributed by atoms with Gasteiger partial charge < -0.3 is 5.73 Å². The Bertz CT molecular complexity index is 487. The van der Waals surface area contributed by atoms with Crippen molar-refractivity contribution in [3.8, 4) is 0 Å². The minimum Gasteiger partial charge on any atom is -0.366 e. The lowest BCUT2D eigenvalue weighted by Gasteiger charge is -1.97. The highest BCUT2D eigenvalue weighted by Crippen LogP contribution is 2.10. The summed E-state index contributed by atoms with van der Waals surface area (Å²) >= 11 is 0. The molecule has 0 saturated carbocycles. The average Bonchev–Trinajstić information content (AvgIpc) is 2.14. The Balaban J connectivity index is 2.96. The van der Waals surface area contributed by atoms with Gasteiger partial charge in [-0.2, -0.15) is 8.42 Å². The molecule has 0 aromatic heterocycles. The summed E-state index contributed by atoms with van der Waals surface area (Å²) in [6.07, 6.45) is 2.60. The molecule has 6 heteroatoms. The third-order valence-electron chi connectivity index (χ3n) is 1.62. The zero-order chi connectivity index (χ0) is 11.5. The number of carbonyl (C=O) groups is 1. The minimum atomic E-state index is -4.17. The lowest BCUT2D eigenvalue weighted by molar-refractivity contribution is -0.113. The van der Waals surface area contributed by atoms with Crippen LogP contribution in [0.1, 0.15) is 5.56 Å². The van der Waals surface area contributed by atoms with Crippen LogP contribution in [-0.4, -0.2) is 18.9 Å². The predicted octanol–water partition coefficient (Wildman–Crippen LogP) is 0.432. The van der Waals surface area contributed by atoms with E-state index >= 15 is 0 Å². The summed E-state index contributed by atoms with van der Waals surface area (Å²) in [4.78, 5) is 10.2. The van der Waals surface area contributed by atoms with Crippen molar-refractivity contribution in [3.63, 3.8) is 0 Å². The highest BCUT2D eigenvalue weighted by molar-refractivity contribution is 7.85. The number of carbonyl (C=O) groups excluding carboxylic acids is 1. The second-order valence-electron chi connectivity index (χ2n) is 2.78. The van der Waals surface area contributed by atoms with Crippen molar-refractivity contribution < 1.29 is 17.8 Å². The van der Waals surface area contributed by atoms with Crippen molar-refractivity contribution in [2.75, 3.05) is 0 Å². The quantitative estimate of drug-likeness (QED) is 0.578. The van der Waals surface area contributed by atoms with Gasteiger partial charge in [0.05, 0.1) is 4.90 Å². The lowest BCUT2D eigenvalue weighted by Crippen LogP contribution is -2.05. The molecule has 80 valence electrons. The van der Waals surface area contributed by atoms with Crippen molar-refractivity contribution in [2.24, 2.45) is 5.73 Å². The van der Waals surface area contributed by atoms with Gasteiger partial charge in [-0.15, -0.1) is 0 Å². The van der Waals surface area contributed by atoms with E-state index < -0.39 is 16.0 Å². The summed E-state index contributed by atoms with van der Waals surface area (Å²) in [7, 11) is -4.17. The molecule has 1 aromatic carbocycles. The molecular formula is C9H9NO4S. The number of primary amides is 1. The zero-order valence-electron chi connectivity index (χ0n) is 7.62. The van der Waals surface area contributed by atoms with E-state index in [-0.39, 0.29) is 4.90 Å². The fraction of sp³-hybridized carbons (Fsp3) is 0. The Hall–Kier alpha value is -1.66. The molecule has 0 aliphatic carbocycles. The first-order valence-electron chi connectivity index (χ1n) is 3.94.